The average Bonchev–Trinajstić information content (AvgIpc) is 2.96. The van der Waals surface area contributed by atoms with Crippen LogP contribution in [0.5, 0.6) is 0 Å². The molecule has 0 saturated carbocycles. The Morgan fingerprint density at radius 1 is 1.02 bits per heavy atom. The zero-order valence-electron chi connectivity index (χ0n) is 22.5. The fraction of sp³-hybridized carbons (Fsp3) is 0.300. The Balaban J connectivity index is 1.54. The molecule has 0 aliphatic carbocycles. The molecule has 0 bridgehead atoms. The van der Waals surface area contributed by atoms with E-state index in [1.807, 2.05) is 24.3 Å². The summed E-state index contributed by atoms with van der Waals surface area (Å²) in [4.78, 5) is 27.8. The van der Waals surface area contributed by atoms with E-state index < -0.39 is 22.0 Å². The third kappa shape index (κ3) is 6.43. The van der Waals surface area contributed by atoms with Gasteiger partial charge >= 0.3 is 0 Å². The van der Waals surface area contributed by atoms with Gasteiger partial charge in [0.1, 0.15) is 0 Å². The first-order valence-corrected chi connectivity index (χ1v) is 14.9. The number of amides is 1. The number of fused-ring (bicyclic) bond motifs is 1. The lowest BCUT2D eigenvalue weighted by Gasteiger charge is -2.30. The summed E-state index contributed by atoms with van der Waals surface area (Å²) < 4.78 is 28.5. The number of oxime groups is 1. The number of carbonyl (C=O) groups excluding carboxylic acids is 2. The topological polar surface area (TPSA) is 107 Å². The molecule has 0 aromatic heterocycles. The van der Waals surface area contributed by atoms with E-state index in [0.717, 1.165) is 11.1 Å². The zero-order valence-corrected chi connectivity index (χ0v) is 24.0. The Kier molecular flexibility index (Phi) is 9.40. The molecule has 40 heavy (non-hydrogen) atoms. The molecule has 1 atom stereocenters. The summed E-state index contributed by atoms with van der Waals surface area (Å²) >= 11 is 6.07. The number of rotatable bonds is 10. The highest BCUT2D eigenvalue weighted by Crippen LogP contribution is 2.26. The highest BCUT2D eigenvalue weighted by Gasteiger charge is 2.31. The van der Waals surface area contributed by atoms with Gasteiger partial charge in [-0.15, -0.1) is 0 Å². The summed E-state index contributed by atoms with van der Waals surface area (Å²) in [6.07, 6.45) is 1.05. The van der Waals surface area contributed by atoms with E-state index >= 15 is 0 Å². The molecule has 0 spiro atoms. The van der Waals surface area contributed by atoms with E-state index in [-0.39, 0.29) is 42.2 Å². The Hall–Kier alpha value is -3.53. The van der Waals surface area contributed by atoms with Crippen LogP contribution in [0.1, 0.15) is 53.7 Å². The van der Waals surface area contributed by atoms with Gasteiger partial charge in [-0.25, -0.2) is 8.42 Å². The minimum Gasteiger partial charge on any atom is -0.411 e. The predicted molar refractivity (Wildman–Crippen MR) is 154 cm³/mol. The molecule has 0 fully saturated rings. The largest absolute Gasteiger partial charge is 0.411 e. The summed E-state index contributed by atoms with van der Waals surface area (Å²) in [6.45, 7) is 4.02. The van der Waals surface area contributed by atoms with Crippen molar-refractivity contribution in [2.75, 3.05) is 13.1 Å². The summed E-state index contributed by atoms with van der Waals surface area (Å²) in [6, 6.07) is 19.8. The second kappa shape index (κ2) is 12.8. The molecule has 1 aliphatic heterocycles. The number of likely N-dealkylation sites (N-methyl/N-ethyl adjacent to an activating group) is 1. The fourth-order valence-electron chi connectivity index (χ4n) is 5.06. The van der Waals surface area contributed by atoms with Gasteiger partial charge in [-0.3, -0.25) is 9.59 Å². The number of ketones is 1. The van der Waals surface area contributed by atoms with Gasteiger partial charge in [-0.2, -0.15) is 4.31 Å². The molecule has 10 heteroatoms. The molecule has 1 heterocycles. The van der Waals surface area contributed by atoms with Crippen molar-refractivity contribution in [2.24, 2.45) is 5.16 Å². The molecule has 1 amide bonds. The fourth-order valence-corrected chi connectivity index (χ4v) is 6.71. The number of benzene rings is 3. The van der Waals surface area contributed by atoms with Crippen molar-refractivity contribution in [3.63, 3.8) is 0 Å². The van der Waals surface area contributed by atoms with Crippen LogP contribution in [-0.4, -0.2) is 59.4 Å². The van der Waals surface area contributed by atoms with E-state index in [4.69, 9.17) is 11.6 Å². The van der Waals surface area contributed by atoms with E-state index in [2.05, 4.69) is 5.16 Å². The molecule has 8 nitrogen and oxygen atoms in total. The number of sulfonamides is 1. The van der Waals surface area contributed by atoms with Crippen molar-refractivity contribution in [1.29, 1.82) is 0 Å². The maximum absolute atomic E-state index is 13.6. The lowest BCUT2D eigenvalue weighted by atomic mass is 9.99. The van der Waals surface area contributed by atoms with Crippen LogP contribution in [0.2, 0.25) is 5.02 Å². The Morgan fingerprint density at radius 3 is 2.40 bits per heavy atom. The summed E-state index contributed by atoms with van der Waals surface area (Å²) in [5.41, 5.74) is 3.24. The van der Waals surface area contributed by atoms with Crippen LogP contribution in [0.25, 0.3) is 0 Å². The van der Waals surface area contributed by atoms with E-state index in [1.165, 1.54) is 28.3 Å². The normalized spacial score (nSPS) is 14.8. The van der Waals surface area contributed by atoms with Crippen molar-refractivity contribution in [2.45, 2.75) is 50.6 Å². The highest BCUT2D eigenvalue weighted by molar-refractivity contribution is 7.89. The van der Waals surface area contributed by atoms with Crippen LogP contribution < -0.4 is 0 Å². The van der Waals surface area contributed by atoms with Crippen LogP contribution in [0.15, 0.2) is 82.8 Å². The molecule has 210 valence electrons. The number of halogens is 1. The van der Waals surface area contributed by atoms with Crippen molar-refractivity contribution >= 4 is 39.0 Å². The van der Waals surface area contributed by atoms with Crippen LogP contribution in [0.4, 0.5) is 0 Å². The van der Waals surface area contributed by atoms with Gasteiger partial charge in [0.05, 0.1) is 16.6 Å². The van der Waals surface area contributed by atoms with E-state index in [9.17, 15) is 23.2 Å². The minimum atomic E-state index is -3.85. The van der Waals surface area contributed by atoms with Crippen LogP contribution >= 0.6 is 11.6 Å². The van der Waals surface area contributed by atoms with Crippen molar-refractivity contribution in [1.82, 2.24) is 9.21 Å². The minimum absolute atomic E-state index is 0.0313. The molecule has 0 unspecified atom stereocenters. The molecule has 3 aromatic rings. The zero-order chi connectivity index (χ0) is 28.9. The standard InChI is InChI=1S/C30H32ClN3O5S/c1-3-34(29(21(2)35)15-14-28(32-37)23-10-6-12-26(31)18-23)30(36)24-11-7-13-27(19-24)40(38,39)33-17-16-22-8-4-5-9-25(22)20-33/h4-13,18-19,29,37H,3,14-17,20H2,1-2H3/b32-28+/t29-/m0/s1. The smallest absolute Gasteiger partial charge is 0.254 e. The first-order chi connectivity index (χ1) is 19.1. The summed E-state index contributed by atoms with van der Waals surface area (Å²) in [5, 5.41) is 13.5. The number of hydrogen-bond acceptors (Lipinski definition) is 6. The second-order valence-corrected chi connectivity index (χ2v) is 12.1. The van der Waals surface area contributed by atoms with Crippen molar-refractivity contribution in [3.05, 3.63) is 100 Å². The summed E-state index contributed by atoms with van der Waals surface area (Å²) in [5.74, 6) is -0.677. The summed E-state index contributed by atoms with van der Waals surface area (Å²) in [7, 11) is -3.85. The van der Waals surface area contributed by atoms with Gasteiger partial charge < -0.3 is 10.1 Å². The first-order valence-electron chi connectivity index (χ1n) is 13.1. The molecule has 0 saturated heterocycles. The Labute approximate surface area is 239 Å². The van der Waals surface area contributed by atoms with Gasteiger partial charge in [0.15, 0.2) is 5.78 Å². The van der Waals surface area contributed by atoms with Gasteiger partial charge in [-0.1, -0.05) is 59.2 Å². The van der Waals surface area contributed by atoms with Crippen LogP contribution in [0, 0.1) is 0 Å². The highest BCUT2D eigenvalue weighted by atomic mass is 35.5. The lowest BCUT2D eigenvalue weighted by molar-refractivity contribution is -0.121. The average molecular weight is 582 g/mol. The number of carbonyl (C=O) groups is 2. The molecular formula is C30H32ClN3O5S. The van der Waals surface area contributed by atoms with Crippen molar-refractivity contribution in [3.8, 4) is 0 Å². The maximum atomic E-state index is 13.6. The maximum Gasteiger partial charge on any atom is 0.254 e. The second-order valence-electron chi connectivity index (χ2n) is 9.70. The van der Waals surface area contributed by atoms with E-state index in [0.29, 0.717) is 29.3 Å². The van der Waals surface area contributed by atoms with Gasteiger partial charge in [0, 0.05) is 35.8 Å². The number of nitrogens with zero attached hydrogens (tertiary/aromatic N) is 3. The Bertz CT molecular complexity index is 1540. The molecule has 4 rings (SSSR count). The molecule has 1 aliphatic rings. The number of hydrogen-bond donors (Lipinski definition) is 1. The molecule has 0 radical (unpaired) electrons. The predicted octanol–water partition coefficient (Wildman–Crippen LogP) is 5.17. The lowest BCUT2D eigenvalue weighted by Crippen LogP contribution is -2.44. The molecular weight excluding hydrogens is 550 g/mol. The van der Waals surface area contributed by atoms with Gasteiger partial charge in [-0.05, 0) is 74.6 Å². The van der Waals surface area contributed by atoms with Gasteiger partial charge in [0.25, 0.3) is 5.91 Å². The van der Waals surface area contributed by atoms with E-state index in [1.54, 1.807) is 43.3 Å². The SMILES string of the molecule is CCN(C(=O)c1cccc(S(=O)(=O)N2CCc3ccccc3C2)c1)[C@@H](CC/C(=N\O)c1cccc(Cl)c1)C(C)=O. The van der Waals surface area contributed by atoms with Gasteiger partial charge in [0.2, 0.25) is 10.0 Å². The quantitative estimate of drug-likeness (QED) is 0.202. The molecule has 3 aromatic carbocycles. The first kappa shape index (κ1) is 29.5. The monoisotopic (exact) mass is 581 g/mol. The van der Waals surface area contributed by atoms with Crippen LogP contribution in [-0.2, 0) is 27.8 Å². The van der Waals surface area contributed by atoms with Crippen LogP contribution in [0.3, 0.4) is 0 Å². The molecule has 1 N–H and O–H groups in total. The van der Waals surface area contributed by atoms with Crippen molar-refractivity contribution < 1.29 is 23.2 Å². The number of Topliss-reactive ketones (excluding diaryl/α,β-unsaturated/α-hetero) is 1. The third-order valence-electron chi connectivity index (χ3n) is 7.19. The third-order valence-corrected chi connectivity index (χ3v) is 9.27. The Morgan fingerprint density at radius 2 is 1.73 bits per heavy atom.